The quantitative estimate of drug-likeness (QED) is 0.924. The van der Waals surface area contributed by atoms with Gasteiger partial charge in [0, 0.05) is 31.1 Å². The first kappa shape index (κ1) is 14.9. The number of hydrogen-bond acceptors (Lipinski definition) is 3. The van der Waals surface area contributed by atoms with Crippen LogP contribution < -0.4 is 5.32 Å². The molecule has 1 fully saturated rings. The minimum absolute atomic E-state index is 0.0836. The highest BCUT2D eigenvalue weighted by molar-refractivity contribution is 7.16. The van der Waals surface area contributed by atoms with E-state index < -0.39 is 11.6 Å². The van der Waals surface area contributed by atoms with Crippen molar-refractivity contribution in [3.63, 3.8) is 0 Å². The summed E-state index contributed by atoms with van der Waals surface area (Å²) in [7, 11) is 0. The van der Waals surface area contributed by atoms with Crippen LogP contribution in [0, 0.1) is 11.6 Å². The fourth-order valence-corrected chi connectivity index (χ4v) is 3.88. The Hall–Kier alpha value is -1.01. The smallest absolute Gasteiger partial charge is 0.159 e. The molecule has 112 valence electrons. The Kier molecular flexibility index (Phi) is 4.54. The second-order valence-corrected chi connectivity index (χ2v) is 6.75. The summed E-state index contributed by atoms with van der Waals surface area (Å²) in [6.45, 7) is 3.50. The first-order valence-electron chi connectivity index (χ1n) is 6.80. The summed E-state index contributed by atoms with van der Waals surface area (Å²) in [5, 5.41) is 3.30. The van der Waals surface area contributed by atoms with Gasteiger partial charge in [-0.1, -0.05) is 17.7 Å². The molecule has 6 heteroatoms. The number of halogens is 3. The van der Waals surface area contributed by atoms with Gasteiger partial charge in [0.15, 0.2) is 11.6 Å². The van der Waals surface area contributed by atoms with Gasteiger partial charge in [-0.2, -0.15) is 0 Å². The standard InChI is InChI=1S/C15H15ClF2N2S/c16-14-4-3-13(21-14)15(20-7-5-19-6-8-20)10-1-2-11(17)12(18)9-10/h1-4,9,15,19H,5-8H2/t15-/m0/s1. The maximum Gasteiger partial charge on any atom is 0.159 e. The Morgan fingerprint density at radius 3 is 2.48 bits per heavy atom. The predicted octanol–water partition coefficient (Wildman–Crippen LogP) is 3.67. The molecule has 0 saturated carbocycles. The number of nitrogens with one attached hydrogen (secondary N) is 1. The number of nitrogens with zero attached hydrogens (tertiary/aromatic N) is 1. The first-order valence-corrected chi connectivity index (χ1v) is 7.99. The van der Waals surface area contributed by atoms with Crippen molar-refractivity contribution in [1.29, 1.82) is 0 Å². The molecule has 1 N–H and O–H groups in total. The summed E-state index contributed by atoms with van der Waals surface area (Å²) in [6, 6.07) is 7.85. The second-order valence-electron chi connectivity index (χ2n) is 5.00. The molecule has 0 aliphatic carbocycles. The summed E-state index contributed by atoms with van der Waals surface area (Å²) in [4.78, 5) is 3.32. The Balaban J connectivity index is 2.00. The van der Waals surface area contributed by atoms with Crippen molar-refractivity contribution >= 4 is 22.9 Å². The largest absolute Gasteiger partial charge is 0.314 e. The average Bonchev–Trinajstić information content (AvgIpc) is 2.90. The summed E-state index contributed by atoms with van der Waals surface area (Å²) in [6.07, 6.45) is 0. The maximum absolute atomic E-state index is 13.6. The normalized spacial score (nSPS) is 17.9. The third-order valence-corrected chi connectivity index (χ3v) is 4.92. The minimum atomic E-state index is -0.818. The van der Waals surface area contributed by atoms with E-state index >= 15 is 0 Å². The number of hydrogen-bond donors (Lipinski definition) is 1. The van der Waals surface area contributed by atoms with E-state index in [0.717, 1.165) is 36.6 Å². The van der Waals surface area contributed by atoms with Crippen LogP contribution in [-0.4, -0.2) is 31.1 Å². The van der Waals surface area contributed by atoms with Gasteiger partial charge in [0.1, 0.15) is 0 Å². The first-order chi connectivity index (χ1) is 10.1. The Labute approximate surface area is 131 Å². The van der Waals surface area contributed by atoms with Crippen molar-refractivity contribution in [1.82, 2.24) is 10.2 Å². The van der Waals surface area contributed by atoms with E-state index in [9.17, 15) is 8.78 Å². The van der Waals surface area contributed by atoms with Crippen LogP contribution in [0.25, 0.3) is 0 Å². The van der Waals surface area contributed by atoms with Crippen molar-refractivity contribution < 1.29 is 8.78 Å². The van der Waals surface area contributed by atoms with E-state index in [1.165, 1.54) is 23.5 Å². The fraction of sp³-hybridized carbons (Fsp3) is 0.333. The molecule has 2 nitrogen and oxygen atoms in total. The van der Waals surface area contributed by atoms with E-state index in [1.807, 2.05) is 12.1 Å². The van der Waals surface area contributed by atoms with Crippen LogP contribution in [0.15, 0.2) is 30.3 Å². The highest BCUT2D eigenvalue weighted by Gasteiger charge is 2.26. The lowest BCUT2D eigenvalue weighted by Gasteiger charge is -2.34. The van der Waals surface area contributed by atoms with Crippen molar-refractivity contribution in [3.8, 4) is 0 Å². The SMILES string of the molecule is Fc1ccc([C@@H](c2ccc(Cl)s2)N2CCNCC2)cc1F. The van der Waals surface area contributed by atoms with Crippen molar-refractivity contribution in [2.45, 2.75) is 6.04 Å². The van der Waals surface area contributed by atoms with Crippen LogP contribution >= 0.6 is 22.9 Å². The minimum Gasteiger partial charge on any atom is -0.314 e. The highest BCUT2D eigenvalue weighted by atomic mass is 35.5. The van der Waals surface area contributed by atoms with Crippen molar-refractivity contribution in [2.24, 2.45) is 0 Å². The molecule has 1 aromatic heterocycles. The van der Waals surface area contributed by atoms with Crippen LogP contribution in [0.5, 0.6) is 0 Å². The lowest BCUT2D eigenvalue weighted by Crippen LogP contribution is -2.45. The molecule has 2 heterocycles. The van der Waals surface area contributed by atoms with Gasteiger partial charge in [0.2, 0.25) is 0 Å². The molecule has 3 rings (SSSR count). The average molecular weight is 329 g/mol. The van der Waals surface area contributed by atoms with Crippen LogP contribution in [0.2, 0.25) is 4.34 Å². The lowest BCUT2D eigenvalue weighted by atomic mass is 10.0. The summed E-state index contributed by atoms with van der Waals surface area (Å²) < 4.78 is 27.5. The number of benzene rings is 1. The van der Waals surface area contributed by atoms with Crippen LogP contribution in [-0.2, 0) is 0 Å². The number of rotatable bonds is 3. The molecular formula is C15H15ClF2N2S. The third-order valence-electron chi connectivity index (χ3n) is 3.64. The number of piperazine rings is 1. The monoisotopic (exact) mass is 328 g/mol. The van der Waals surface area contributed by atoms with E-state index in [1.54, 1.807) is 6.07 Å². The molecule has 0 spiro atoms. The fourth-order valence-electron chi connectivity index (χ4n) is 2.65. The zero-order valence-electron chi connectivity index (χ0n) is 11.3. The van der Waals surface area contributed by atoms with Crippen LogP contribution in [0.4, 0.5) is 8.78 Å². The Morgan fingerprint density at radius 1 is 1.10 bits per heavy atom. The summed E-state index contributed by atoms with van der Waals surface area (Å²) >= 11 is 7.52. The van der Waals surface area contributed by atoms with Crippen molar-refractivity contribution in [2.75, 3.05) is 26.2 Å². The van der Waals surface area contributed by atoms with Gasteiger partial charge >= 0.3 is 0 Å². The van der Waals surface area contributed by atoms with E-state index in [2.05, 4.69) is 10.2 Å². The second kappa shape index (κ2) is 6.40. The molecule has 2 aromatic rings. The lowest BCUT2D eigenvalue weighted by molar-refractivity contribution is 0.200. The van der Waals surface area contributed by atoms with Gasteiger partial charge in [-0.15, -0.1) is 11.3 Å². The molecular weight excluding hydrogens is 314 g/mol. The van der Waals surface area contributed by atoms with Crippen LogP contribution in [0.1, 0.15) is 16.5 Å². The van der Waals surface area contributed by atoms with Gasteiger partial charge in [-0.3, -0.25) is 4.90 Å². The molecule has 1 atom stereocenters. The molecule has 1 saturated heterocycles. The molecule has 0 unspecified atom stereocenters. The summed E-state index contributed by atoms with van der Waals surface area (Å²) in [5.41, 5.74) is 0.759. The molecule has 1 aliphatic heterocycles. The molecule has 0 amide bonds. The van der Waals surface area contributed by atoms with Crippen LogP contribution in [0.3, 0.4) is 0 Å². The van der Waals surface area contributed by atoms with E-state index in [0.29, 0.717) is 4.34 Å². The van der Waals surface area contributed by atoms with Crippen molar-refractivity contribution in [3.05, 3.63) is 56.7 Å². The molecule has 0 bridgehead atoms. The predicted molar refractivity (Wildman–Crippen MR) is 82.0 cm³/mol. The van der Waals surface area contributed by atoms with Gasteiger partial charge in [-0.25, -0.2) is 8.78 Å². The van der Waals surface area contributed by atoms with E-state index in [-0.39, 0.29) is 6.04 Å². The molecule has 21 heavy (non-hydrogen) atoms. The molecule has 1 aromatic carbocycles. The Morgan fingerprint density at radius 2 is 1.86 bits per heavy atom. The topological polar surface area (TPSA) is 15.3 Å². The van der Waals surface area contributed by atoms with Gasteiger partial charge < -0.3 is 5.32 Å². The maximum atomic E-state index is 13.6. The Bertz CT molecular complexity index is 626. The zero-order valence-corrected chi connectivity index (χ0v) is 12.9. The molecule has 1 aliphatic rings. The number of thiophene rings is 1. The third kappa shape index (κ3) is 3.26. The highest BCUT2D eigenvalue weighted by Crippen LogP contribution is 2.35. The van der Waals surface area contributed by atoms with Gasteiger partial charge in [0.05, 0.1) is 10.4 Å². The van der Waals surface area contributed by atoms with Gasteiger partial charge in [0.25, 0.3) is 0 Å². The zero-order chi connectivity index (χ0) is 14.8. The molecule has 0 radical (unpaired) electrons. The summed E-state index contributed by atoms with van der Waals surface area (Å²) in [5.74, 6) is -1.63. The van der Waals surface area contributed by atoms with E-state index in [4.69, 9.17) is 11.6 Å². The van der Waals surface area contributed by atoms with Gasteiger partial charge in [-0.05, 0) is 29.8 Å².